The van der Waals surface area contributed by atoms with E-state index in [1.54, 1.807) is 11.1 Å². The van der Waals surface area contributed by atoms with E-state index in [0.717, 1.165) is 7.35 Å². The van der Waals surface area contributed by atoms with Gasteiger partial charge in [0.2, 0.25) is 0 Å². The Balaban J connectivity index is 0.00000104. The van der Waals surface area contributed by atoms with Gasteiger partial charge < -0.3 is 0 Å². The molecule has 4 aliphatic rings. The van der Waals surface area contributed by atoms with Crippen LogP contribution in [-0.2, 0) is 17.1 Å². The molecule has 4 heteroatoms. The molecule has 0 radical (unpaired) electrons. The van der Waals surface area contributed by atoms with Crippen molar-refractivity contribution in [3.63, 3.8) is 0 Å². The van der Waals surface area contributed by atoms with Crippen molar-refractivity contribution in [2.45, 2.75) is 68.1 Å². The van der Waals surface area contributed by atoms with Crippen LogP contribution in [0.5, 0.6) is 0 Å². The molecule has 0 aromatic rings. The summed E-state index contributed by atoms with van der Waals surface area (Å²) in [6.07, 6.45) is 21.5. The van der Waals surface area contributed by atoms with Crippen LogP contribution >= 0.6 is 24.8 Å². The number of allylic oxidation sites excluding steroid dienone is 8. The fourth-order valence-electron chi connectivity index (χ4n) is 5.62. The fourth-order valence-corrected chi connectivity index (χ4v) is 29.1. The Morgan fingerprint density at radius 3 is 1.54 bits per heavy atom. The molecule has 4 rings (SSSR count). The van der Waals surface area contributed by atoms with Crippen molar-refractivity contribution >= 4 is 31.8 Å². The molecule has 134 valence electrons. The van der Waals surface area contributed by atoms with Crippen molar-refractivity contribution in [1.82, 2.24) is 0 Å². The zero-order valence-corrected chi connectivity index (χ0v) is 21.8. The first-order chi connectivity index (χ1) is 10.5. The van der Waals surface area contributed by atoms with E-state index in [9.17, 15) is 0 Å². The molecule has 2 atom stereocenters. The normalized spacial score (nSPS) is 29.1. The summed E-state index contributed by atoms with van der Waals surface area (Å²) in [7, 11) is 0. The number of hydrogen-bond acceptors (Lipinski definition) is 0. The van der Waals surface area contributed by atoms with Gasteiger partial charge in [0.25, 0.3) is 0 Å². The van der Waals surface area contributed by atoms with E-state index in [1.807, 2.05) is 11.1 Å². The van der Waals surface area contributed by atoms with Gasteiger partial charge in [-0.3, -0.25) is 0 Å². The third kappa shape index (κ3) is 3.30. The molecule has 0 fully saturated rings. The van der Waals surface area contributed by atoms with E-state index < -0.39 is 17.1 Å². The van der Waals surface area contributed by atoms with Crippen molar-refractivity contribution in [3.05, 3.63) is 46.6 Å². The number of halogens is 2. The Hall–Kier alpha value is 0.627. The van der Waals surface area contributed by atoms with Gasteiger partial charge in [0.15, 0.2) is 0 Å². The Labute approximate surface area is 162 Å². The summed E-state index contributed by atoms with van der Waals surface area (Å²) in [5, 5.41) is 0. The summed E-state index contributed by atoms with van der Waals surface area (Å²) >= 11 is -2.97. The van der Waals surface area contributed by atoms with Crippen LogP contribution in [0.1, 0.15) is 51.4 Å². The second-order valence-electron chi connectivity index (χ2n) is 9.13. The number of rotatable bonds is 2. The van der Waals surface area contributed by atoms with Crippen molar-refractivity contribution in [2.75, 3.05) is 0 Å². The third-order valence-corrected chi connectivity index (χ3v) is 32.6. The summed E-state index contributed by atoms with van der Waals surface area (Å²) < 4.78 is 7.26. The summed E-state index contributed by atoms with van der Waals surface area (Å²) in [6.45, 7) is 2.50. The topological polar surface area (TPSA) is 0 Å². The van der Waals surface area contributed by atoms with Crippen molar-refractivity contribution < 1.29 is 17.1 Å². The second kappa shape index (κ2) is 7.33. The molecule has 0 bridgehead atoms. The monoisotopic (exact) mass is 550 g/mol. The predicted octanol–water partition coefficient (Wildman–Crippen LogP) is 6.62. The van der Waals surface area contributed by atoms with Gasteiger partial charge in [-0.05, 0) is 0 Å². The minimum absolute atomic E-state index is 0. The molecule has 24 heavy (non-hydrogen) atoms. The van der Waals surface area contributed by atoms with Crippen molar-refractivity contribution in [1.29, 1.82) is 0 Å². The Bertz CT molecular complexity index is 651. The van der Waals surface area contributed by atoms with Crippen LogP contribution in [0.4, 0.5) is 0 Å². The molecule has 0 N–H and O–H groups in total. The van der Waals surface area contributed by atoms with E-state index >= 15 is 0 Å². The summed E-state index contributed by atoms with van der Waals surface area (Å²) in [4.78, 5) is 0. The quantitative estimate of drug-likeness (QED) is 0.340. The Morgan fingerprint density at radius 1 is 0.750 bits per heavy atom. The van der Waals surface area contributed by atoms with E-state index in [-0.39, 0.29) is 24.8 Å². The van der Waals surface area contributed by atoms with Crippen molar-refractivity contribution in [2.24, 2.45) is 0 Å². The third-order valence-electron chi connectivity index (χ3n) is 6.88. The van der Waals surface area contributed by atoms with Gasteiger partial charge in [0.1, 0.15) is 0 Å². The van der Waals surface area contributed by atoms with Gasteiger partial charge in [0, 0.05) is 0 Å². The van der Waals surface area contributed by atoms with Gasteiger partial charge in [-0.15, -0.1) is 24.8 Å². The van der Waals surface area contributed by atoms with Gasteiger partial charge in [-0.25, -0.2) is 0 Å². The summed E-state index contributed by atoms with van der Waals surface area (Å²) in [5.41, 5.74) is 7.21. The van der Waals surface area contributed by atoms with E-state index in [2.05, 4.69) is 40.6 Å². The van der Waals surface area contributed by atoms with Gasteiger partial charge in [-0.1, -0.05) is 0 Å². The zero-order valence-electron chi connectivity index (χ0n) is 15.1. The van der Waals surface area contributed by atoms with E-state index in [1.165, 1.54) is 51.4 Å². The molecule has 0 saturated heterocycles. The van der Waals surface area contributed by atoms with Gasteiger partial charge >= 0.3 is 139 Å². The van der Waals surface area contributed by atoms with Crippen LogP contribution in [0.3, 0.4) is 0 Å². The van der Waals surface area contributed by atoms with Crippen LogP contribution in [0.15, 0.2) is 46.6 Å². The minimum atomic E-state index is -2.97. The SMILES string of the molecule is Cl.Cl.[CH3][Hf]([CH3])(=[SiH2])([CH]1C=CC2=C1CCCC2)[CH]1C=CC2=C1CCCC2. The molecule has 0 aliphatic heterocycles. The van der Waals surface area contributed by atoms with Gasteiger partial charge in [-0.2, -0.15) is 0 Å². The fraction of sp³-hybridized carbons (Fsp3) is 0.600. The molecule has 0 aromatic heterocycles. The first kappa shape index (κ1) is 20.9. The Kier molecular flexibility index (Phi) is 6.39. The van der Waals surface area contributed by atoms with Crippen molar-refractivity contribution in [3.8, 4) is 0 Å². The van der Waals surface area contributed by atoms with E-state index in [4.69, 9.17) is 0 Å². The molecular weight excluding hydrogens is 518 g/mol. The molecule has 0 aromatic carbocycles. The molecule has 0 saturated carbocycles. The van der Waals surface area contributed by atoms with Gasteiger partial charge in [0.05, 0.1) is 0 Å². The standard InChI is InChI=1S/2C9H11.2CH3.2ClH.Hf.H2Si/c2*1-2-5-9-7-3-6-8(9)4-1;;;;;;/h2*3,6-7H,1-2,4-5H2;2*1H3;2*1H;;1H2. The molecule has 0 amide bonds. The predicted molar refractivity (Wildman–Crippen MR) is 112 cm³/mol. The maximum atomic E-state index is 2.77. The van der Waals surface area contributed by atoms with Crippen LogP contribution in [0.25, 0.3) is 0 Å². The van der Waals surface area contributed by atoms with Crippen LogP contribution < -0.4 is 0 Å². The second-order valence-corrected chi connectivity index (χ2v) is 53.0. The first-order valence-corrected chi connectivity index (χ1v) is 29.0. The average Bonchev–Trinajstić information content (AvgIpc) is 3.12. The maximum absolute atomic E-state index is 2.97. The molecule has 4 aliphatic carbocycles. The summed E-state index contributed by atoms with van der Waals surface area (Å²) in [6, 6.07) is 0. The zero-order chi connectivity index (χ0) is 15.4. The molecule has 2 unspecified atom stereocenters. The molecule has 0 spiro atoms. The Morgan fingerprint density at radius 2 is 1.12 bits per heavy atom. The molecular formula is C20H32Cl2HfSi. The van der Waals surface area contributed by atoms with Crippen LogP contribution in [0.2, 0.25) is 16.7 Å². The number of hydrogen-bond donors (Lipinski definition) is 0. The molecule has 0 heterocycles. The molecule has 0 nitrogen and oxygen atoms in total. The average molecular weight is 550 g/mol. The van der Waals surface area contributed by atoms with Crippen LogP contribution in [0, 0.1) is 0 Å². The first-order valence-electron chi connectivity index (χ1n) is 9.33. The van der Waals surface area contributed by atoms with E-state index in [0.29, 0.717) is 0 Å². The van der Waals surface area contributed by atoms with Crippen LogP contribution in [-0.4, -0.2) is 6.94 Å². The summed E-state index contributed by atoms with van der Waals surface area (Å²) in [5.74, 6) is 0.